The predicted molar refractivity (Wildman–Crippen MR) is 73.9 cm³/mol. The summed E-state index contributed by atoms with van der Waals surface area (Å²) in [6.07, 6.45) is 0. The number of carbonyl (C=O) groups excluding carboxylic acids is 2. The molecule has 1 aromatic rings. The van der Waals surface area contributed by atoms with Crippen molar-refractivity contribution >= 4 is 17.6 Å². The minimum absolute atomic E-state index is 0.149. The van der Waals surface area contributed by atoms with Crippen LogP contribution in [0.15, 0.2) is 24.3 Å². The fourth-order valence-electron chi connectivity index (χ4n) is 1.27. The molecule has 0 aliphatic carbocycles. The summed E-state index contributed by atoms with van der Waals surface area (Å²) < 4.78 is 5.41. The van der Waals surface area contributed by atoms with Crippen molar-refractivity contribution in [3.8, 4) is 0 Å². The van der Waals surface area contributed by atoms with Gasteiger partial charge < -0.3 is 10.1 Å². The molecule has 0 unspecified atom stereocenters. The molecule has 0 saturated heterocycles. The Bertz CT molecular complexity index is 464. The van der Waals surface area contributed by atoms with Gasteiger partial charge in [0.2, 0.25) is 5.91 Å². The van der Waals surface area contributed by atoms with Crippen molar-refractivity contribution < 1.29 is 14.3 Å². The lowest BCUT2D eigenvalue weighted by Crippen LogP contribution is -2.42. The number of hydrogen-bond acceptors (Lipinski definition) is 4. The molecule has 1 aromatic carbocycles. The molecule has 0 fully saturated rings. The van der Waals surface area contributed by atoms with E-state index in [-0.39, 0.29) is 5.91 Å². The quantitative estimate of drug-likeness (QED) is 0.668. The lowest BCUT2D eigenvalue weighted by Gasteiger charge is -2.31. The summed E-state index contributed by atoms with van der Waals surface area (Å²) in [7, 11) is 3.68. The average molecular weight is 264 g/mol. The van der Waals surface area contributed by atoms with E-state index in [0.29, 0.717) is 11.3 Å². The van der Waals surface area contributed by atoms with Gasteiger partial charge in [0.25, 0.3) is 0 Å². The summed E-state index contributed by atoms with van der Waals surface area (Å²) in [5, 5.41) is 2.64. The fraction of sp³-hybridized carbons (Fsp3) is 0.429. The molecule has 1 rings (SSSR count). The highest BCUT2D eigenvalue weighted by molar-refractivity contribution is 5.92. The molecule has 0 saturated carbocycles. The van der Waals surface area contributed by atoms with E-state index in [1.165, 1.54) is 6.92 Å². The zero-order valence-electron chi connectivity index (χ0n) is 12.0. The molecule has 0 radical (unpaired) electrons. The Morgan fingerprint density at radius 2 is 1.68 bits per heavy atom. The van der Waals surface area contributed by atoms with Crippen molar-refractivity contribution in [2.45, 2.75) is 26.5 Å². The Kier molecular flexibility index (Phi) is 4.67. The van der Waals surface area contributed by atoms with Gasteiger partial charge in [0.1, 0.15) is 0 Å². The van der Waals surface area contributed by atoms with Crippen LogP contribution < -0.4 is 5.32 Å². The number of nitrogens with zero attached hydrogens (tertiary/aromatic N) is 1. The molecule has 5 heteroatoms. The van der Waals surface area contributed by atoms with Crippen LogP contribution in [0.3, 0.4) is 0 Å². The summed E-state index contributed by atoms with van der Waals surface area (Å²) in [5.74, 6) is -0.544. The third-order valence-electron chi connectivity index (χ3n) is 2.86. The third kappa shape index (κ3) is 4.37. The molecule has 1 amide bonds. The normalized spacial score (nSPS) is 11.3. The molecule has 0 atom stereocenters. The maximum atomic E-state index is 12.0. The van der Waals surface area contributed by atoms with Gasteiger partial charge in [-0.15, -0.1) is 0 Å². The SMILES string of the molecule is CC(=O)Nc1ccc(C(=O)OC(C)(C)N(C)C)cc1. The topological polar surface area (TPSA) is 58.6 Å². The van der Waals surface area contributed by atoms with Crippen molar-refractivity contribution in [3.05, 3.63) is 29.8 Å². The van der Waals surface area contributed by atoms with Gasteiger partial charge in [-0.1, -0.05) is 0 Å². The number of amides is 1. The number of carbonyl (C=O) groups is 2. The molecule has 0 bridgehead atoms. The van der Waals surface area contributed by atoms with Gasteiger partial charge >= 0.3 is 5.97 Å². The van der Waals surface area contributed by atoms with Crippen LogP contribution in [-0.4, -0.2) is 36.6 Å². The van der Waals surface area contributed by atoms with E-state index < -0.39 is 11.7 Å². The number of anilines is 1. The van der Waals surface area contributed by atoms with E-state index in [9.17, 15) is 9.59 Å². The van der Waals surface area contributed by atoms with E-state index in [2.05, 4.69) is 5.32 Å². The molecule has 1 N–H and O–H groups in total. The molecule has 0 aromatic heterocycles. The van der Waals surface area contributed by atoms with E-state index >= 15 is 0 Å². The molecule has 0 spiro atoms. The van der Waals surface area contributed by atoms with Crippen LogP contribution in [-0.2, 0) is 9.53 Å². The first-order valence-electron chi connectivity index (χ1n) is 6.01. The smallest absolute Gasteiger partial charge is 0.339 e. The molecular formula is C14H20N2O3. The Morgan fingerprint density at radius 3 is 2.11 bits per heavy atom. The van der Waals surface area contributed by atoms with Crippen LogP contribution in [0.4, 0.5) is 5.69 Å². The summed E-state index contributed by atoms with van der Waals surface area (Å²) in [5.41, 5.74) is 0.424. The number of ether oxygens (including phenoxy) is 1. The van der Waals surface area contributed by atoms with Gasteiger partial charge in [0.15, 0.2) is 5.72 Å². The molecular weight excluding hydrogens is 244 g/mol. The maximum absolute atomic E-state index is 12.0. The lowest BCUT2D eigenvalue weighted by molar-refractivity contribution is -0.114. The van der Waals surface area contributed by atoms with Gasteiger partial charge in [-0.25, -0.2) is 4.79 Å². The Balaban J connectivity index is 2.76. The van der Waals surface area contributed by atoms with Gasteiger partial charge in [0, 0.05) is 12.6 Å². The standard InChI is InChI=1S/C14H20N2O3/c1-10(17)15-12-8-6-11(7-9-12)13(18)19-14(2,3)16(4)5/h6-9H,1-5H3,(H,15,17). The van der Waals surface area contributed by atoms with Crippen LogP contribution in [0.25, 0.3) is 0 Å². The summed E-state index contributed by atoms with van der Waals surface area (Å²) >= 11 is 0. The van der Waals surface area contributed by atoms with E-state index in [4.69, 9.17) is 4.74 Å². The summed E-state index contributed by atoms with van der Waals surface area (Å²) in [4.78, 5) is 24.7. The van der Waals surface area contributed by atoms with E-state index in [0.717, 1.165) is 0 Å². The zero-order chi connectivity index (χ0) is 14.6. The summed E-state index contributed by atoms with van der Waals surface area (Å²) in [6.45, 7) is 5.06. The largest absolute Gasteiger partial charge is 0.441 e. The Hall–Kier alpha value is -1.88. The highest BCUT2D eigenvalue weighted by Crippen LogP contribution is 2.16. The number of hydrogen-bond donors (Lipinski definition) is 1. The predicted octanol–water partition coefficient (Wildman–Crippen LogP) is 2.10. The number of rotatable bonds is 4. The first-order valence-corrected chi connectivity index (χ1v) is 6.01. The molecule has 0 heterocycles. The van der Waals surface area contributed by atoms with Gasteiger partial charge in [-0.05, 0) is 52.2 Å². The van der Waals surface area contributed by atoms with Crippen molar-refractivity contribution in [3.63, 3.8) is 0 Å². The highest BCUT2D eigenvalue weighted by Gasteiger charge is 2.25. The fourth-order valence-corrected chi connectivity index (χ4v) is 1.27. The van der Waals surface area contributed by atoms with Crippen molar-refractivity contribution in [1.82, 2.24) is 4.90 Å². The third-order valence-corrected chi connectivity index (χ3v) is 2.86. The maximum Gasteiger partial charge on any atom is 0.339 e. The van der Waals surface area contributed by atoms with E-state index in [1.54, 1.807) is 24.3 Å². The monoisotopic (exact) mass is 264 g/mol. The van der Waals surface area contributed by atoms with Crippen LogP contribution in [0.5, 0.6) is 0 Å². The molecule has 0 aliphatic heterocycles. The zero-order valence-corrected chi connectivity index (χ0v) is 12.0. The van der Waals surface area contributed by atoms with Crippen LogP contribution in [0, 0.1) is 0 Å². The minimum atomic E-state index is -0.673. The number of esters is 1. The molecule has 104 valence electrons. The Labute approximate surface area is 113 Å². The van der Waals surface area contributed by atoms with Crippen molar-refractivity contribution in [2.24, 2.45) is 0 Å². The van der Waals surface area contributed by atoms with Gasteiger partial charge in [0.05, 0.1) is 5.56 Å². The molecule has 19 heavy (non-hydrogen) atoms. The second-order valence-corrected chi connectivity index (χ2v) is 4.99. The van der Waals surface area contributed by atoms with Crippen molar-refractivity contribution in [1.29, 1.82) is 0 Å². The van der Waals surface area contributed by atoms with E-state index in [1.807, 2.05) is 32.8 Å². The first-order chi connectivity index (χ1) is 8.72. The summed E-state index contributed by atoms with van der Waals surface area (Å²) in [6, 6.07) is 6.58. The minimum Gasteiger partial charge on any atom is -0.441 e. The highest BCUT2D eigenvalue weighted by atomic mass is 16.6. The molecule has 5 nitrogen and oxygen atoms in total. The lowest BCUT2D eigenvalue weighted by atomic mass is 10.2. The molecule has 0 aliphatic rings. The van der Waals surface area contributed by atoms with Crippen molar-refractivity contribution in [2.75, 3.05) is 19.4 Å². The van der Waals surface area contributed by atoms with Crippen LogP contribution in [0.1, 0.15) is 31.1 Å². The van der Waals surface area contributed by atoms with Crippen LogP contribution >= 0.6 is 0 Å². The second-order valence-electron chi connectivity index (χ2n) is 4.99. The van der Waals surface area contributed by atoms with Crippen LogP contribution in [0.2, 0.25) is 0 Å². The van der Waals surface area contributed by atoms with Gasteiger partial charge in [-0.2, -0.15) is 0 Å². The number of benzene rings is 1. The second kappa shape index (κ2) is 5.84. The number of nitrogens with one attached hydrogen (secondary N) is 1. The Morgan fingerprint density at radius 1 is 1.16 bits per heavy atom. The first kappa shape index (κ1) is 15.2. The average Bonchev–Trinajstić information content (AvgIpc) is 2.28. The van der Waals surface area contributed by atoms with Gasteiger partial charge in [-0.3, -0.25) is 9.69 Å².